The number of hydrogen-bond acceptors (Lipinski definition) is 4. The molecule has 0 aliphatic rings. The van der Waals surface area contributed by atoms with E-state index in [0.29, 0.717) is 3.79 Å². The van der Waals surface area contributed by atoms with Gasteiger partial charge in [0.05, 0.1) is 3.79 Å². The van der Waals surface area contributed by atoms with Crippen molar-refractivity contribution in [3.63, 3.8) is 0 Å². The Morgan fingerprint density at radius 3 is 2.33 bits per heavy atom. The Morgan fingerprint density at radius 1 is 1.44 bits per heavy atom. The molecule has 1 aromatic rings. The van der Waals surface area contributed by atoms with Gasteiger partial charge in [-0.25, -0.2) is 8.42 Å². The third-order valence-corrected chi connectivity index (χ3v) is 6.32. The summed E-state index contributed by atoms with van der Waals surface area (Å²) in [5, 5.41) is 8.85. The summed E-state index contributed by atoms with van der Waals surface area (Å²) in [7, 11) is -3.79. The molecule has 0 spiro atoms. The summed E-state index contributed by atoms with van der Waals surface area (Å²) in [5.41, 5.74) is -0.798. The van der Waals surface area contributed by atoms with Gasteiger partial charge in [-0.15, -0.1) is 11.3 Å². The summed E-state index contributed by atoms with van der Waals surface area (Å²) >= 11 is 4.25. The lowest BCUT2D eigenvalue weighted by Crippen LogP contribution is -2.47. The van der Waals surface area contributed by atoms with E-state index >= 15 is 0 Å². The van der Waals surface area contributed by atoms with E-state index in [1.165, 1.54) is 6.07 Å². The van der Waals surface area contributed by atoms with Crippen molar-refractivity contribution in [2.24, 2.45) is 0 Å². The molecular weight excluding hydrogens is 342 g/mol. The molecule has 18 heavy (non-hydrogen) atoms. The Bertz CT molecular complexity index is 544. The van der Waals surface area contributed by atoms with Gasteiger partial charge in [-0.2, -0.15) is 4.31 Å². The minimum Gasteiger partial charge on any atom is -0.480 e. The van der Waals surface area contributed by atoms with E-state index in [-0.39, 0.29) is 4.21 Å². The summed E-state index contributed by atoms with van der Waals surface area (Å²) in [5.74, 6) is -1.18. The van der Waals surface area contributed by atoms with Gasteiger partial charge in [-0.1, -0.05) is 0 Å². The highest BCUT2D eigenvalue weighted by Crippen LogP contribution is 2.31. The maximum absolute atomic E-state index is 12.4. The van der Waals surface area contributed by atoms with Gasteiger partial charge in [0, 0.05) is 5.54 Å². The normalized spacial score (nSPS) is 12.9. The van der Waals surface area contributed by atoms with Crippen LogP contribution in [0.2, 0.25) is 0 Å². The van der Waals surface area contributed by atoms with Gasteiger partial charge in [-0.05, 0) is 48.8 Å². The predicted octanol–water partition coefficient (Wildman–Crippen LogP) is 2.38. The number of carbonyl (C=O) groups is 1. The fourth-order valence-electron chi connectivity index (χ4n) is 1.35. The van der Waals surface area contributed by atoms with Crippen LogP contribution in [-0.2, 0) is 14.8 Å². The van der Waals surface area contributed by atoms with Gasteiger partial charge in [0.25, 0.3) is 10.0 Å². The molecule has 0 aliphatic carbocycles. The molecule has 1 heterocycles. The average molecular weight is 356 g/mol. The van der Waals surface area contributed by atoms with Crippen LogP contribution in [0.4, 0.5) is 0 Å². The van der Waals surface area contributed by atoms with Gasteiger partial charge < -0.3 is 5.11 Å². The highest BCUT2D eigenvalue weighted by molar-refractivity contribution is 9.11. The van der Waals surface area contributed by atoms with E-state index in [0.717, 1.165) is 15.6 Å². The summed E-state index contributed by atoms with van der Waals surface area (Å²) < 4.78 is 26.6. The second-order valence-electron chi connectivity index (χ2n) is 4.63. The highest BCUT2D eigenvalue weighted by Gasteiger charge is 2.36. The van der Waals surface area contributed by atoms with Gasteiger partial charge in [0.2, 0.25) is 0 Å². The number of thiophene rings is 1. The van der Waals surface area contributed by atoms with E-state index in [2.05, 4.69) is 15.9 Å². The number of carboxylic acids is 1. The molecule has 1 aromatic heterocycles. The third kappa shape index (κ3) is 3.53. The molecular formula is C10H14BrNO4S2. The van der Waals surface area contributed by atoms with Crippen LogP contribution in [0.5, 0.6) is 0 Å². The number of nitrogens with zero attached hydrogens (tertiary/aromatic N) is 1. The van der Waals surface area contributed by atoms with Crippen molar-refractivity contribution < 1.29 is 18.3 Å². The summed E-state index contributed by atoms with van der Waals surface area (Å²) in [6.07, 6.45) is 0. The van der Waals surface area contributed by atoms with Crippen LogP contribution >= 0.6 is 27.3 Å². The van der Waals surface area contributed by atoms with E-state index < -0.39 is 28.1 Å². The molecule has 0 amide bonds. The number of sulfonamides is 1. The topological polar surface area (TPSA) is 74.7 Å². The molecule has 0 aromatic carbocycles. The van der Waals surface area contributed by atoms with Crippen molar-refractivity contribution in [1.82, 2.24) is 4.31 Å². The first kappa shape index (κ1) is 15.6. The summed E-state index contributed by atoms with van der Waals surface area (Å²) in [6, 6.07) is 3.09. The summed E-state index contributed by atoms with van der Waals surface area (Å²) in [6.45, 7) is 4.43. The van der Waals surface area contributed by atoms with Crippen LogP contribution in [0.25, 0.3) is 0 Å². The molecule has 0 fully saturated rings. The van der Waals surface area contributed by atoms with E-state index in [1.54, 1.807) is 26.8 Å². The van der Waals surface area contributed by atoms with E-state index in [9.17, 15) is 13.2 Å². The molecule has 0 unspecified atom stereocenters. The Labute approximate surface area is 119 Å². The van der Waals surface area contributed by atoms with Gasteiger partial charge in [0.1, 0.15) is 10.8 Å². The van der Waals surface area contributed by atoms with Crippen LogP contribution in [0.1, 0.15) is 20.8 Å². The van der Waals surface area contributed by atoms with Crippen LogP contribution in [0, 0.1) is 0 Å². The number of halogens is 1. The van der Waals surface area contributed by atoms with Crippen molar-refractivity contribution in [1.29, 1.82) is 0 Å². The van der Waals surface area contributed by atoms with Crippen molar-refractivity contribution in [3.05, 3.63) is 15.9 Å². The monoisotopic (exact) mass is 355 g/mol. The van der Waals surface area contributed by atoms with Crippen molar-refractivity contribution in [2.45, 2.75) is 30.5 Å². The maximum atomic E-state index is 12.4. The van der Waals surface area contributed by atoms with Crippen molar-refractivity contribution in [3.8, 4) is 0 Å². The fourth-order valence-corrected chi connectivity index (χ4v) is 5.21. The number of carboxylic acid groups (broad SMARTS) is 1. The molecule has 1 rings (SSSR count). The Kier molecular flexibility index (Phi) is 4.58. The van der Waals surface area contributed by atoms with Crippen molar-refractivity contribution in [2.75, 3.05) is 6.54 Å². The smallest absolute Gasteiger partial charge is 0.318 e. The lowest BCUT2D eigenvalue weighted by Gasteiger charge is -2.32. The largest absolute Gasteiger partial charge is 0.480 e. The lowest BCUT2D eigenvalue weighted by atomic mass is 10.1. The molecule has 0 bridgehead atoms. The molecule has 0 aliphatic heterocycles. The minimum absolute atomic E-state index is 0.130. The maximum Gasteiger partial charge on any atom is 0.318 e. The quantitative estimate of drug-likeness (QED) is 0.899. The molecule has 0 saturated heterocycles. The minimum atomic E-state index is -3.79. The van der Waals surface area contributed by atoms with Crippen LogP contribution < -0.4 is 0 Å². The predicted molar refractivity (Wildman–Crippen MR) is 73.3 cm³/mol. The highest BCUT2D eigenvalue weighted by atomic mass is 79.9. The zero-order chi connectivity index (χ0) is 14.1. The van der Waals surface area contributed by atoms with Crippen LogP contribution in [0.3, 0.4) is 0 Å². The lowest BCUT2D eigenvalue weighted by molar-refractivity contribution is -0.138. The molecule has 1 N–H and O–H groups in total. The Balaban J connectivity index is 3.24. The second kappa shape index (κ2) is 5.28. The number of hydrogen-bond donors (Lipinski definition) is 1. The third-order valence-electron chi connectivity index (χ3n) is 2.12. The van der Waals surface area contributed by atoms with E-state index in [4.69, 9.17) is 5.11 Å². The molecule has 8 heteroatoms. The van der Waals surface area contributed by atoms with Crippen LogP contribution in [-0.4, -0.2) is 35.9 Å². The molecule has 5 nitrogen and oxygen atoms in total. The standard InChI is InChI=1S/C10H14BrNO4S2/c1-10(2,3)12(6-8(13)14)18(15,16)9-5-4-7(11)17-9/h4-5H,6H2,1-3H3,(H,13,14). The molecule has 102 valence electrons. The Hall–Kier alpha value is -0.440. The van der Waals surface area contributed by atoms with Gasteiger partial charge in [-0.3, -0.25) is 4.79 Å². The second-order valence-corrected chi connectivity index (χ2v) is 9.19. The van der Waals surface area contributed by atoms with Gasteiger partial charge in [0.15, 0.2) is 0 Å². The van der Waals surface area contributed by atoms with Crippen LogP contribution in [0.15, 0.2) is 20.1 Å². The molecule has 0 atom stereocenters. The number of aliphatic carboxylic acids is 1. The fraction of sp³-hybridized carbons (Fsp3) is 0.500. The summed E-state index contributed by atoms with van der Waals surface area (Å²) in [4.78, 5) is 10.8. The molecule has 0 radical (unpaired) electrons. The van der Waals surface area contributed by atoms with Gasteiger partial charge >= 0.3 is 5.97 Å². The zero-order valence-electron chi connectivity index (χ0n) is 10.2. The zero-order valence-corrected chi connectivity index (χ0v) is 13.4. The number of rotatable bonds is 4. The SMILES string of the molecule is CC(C)(C)N(CC(=O)O)S(=O)(=O)c1ccc(Br)s1. The first-order valence-electron chi connectivity index (χ1n) is 5.05. The molecule has 0 saturated carbocycles. The first-order chi connectivity index (χ1) is 8.05. The van der Waals surface area contributed by atoms with E-state index in [1.807, 2.05) is 0 Å². The van der Waals surface area contributed by atoms with Crippen molar-refractivity contribution >= 4 is 43.3 Å². The Morgan fingerprint density at radius 2 is 2.00 bits per heavy atom. The average Bonchev–Trinajstić information content (AvgIpc) is 2.59. The first-order valence-corrected chi connectivity index (χ1v) is 8.10.